The molecule has 2 saturated heterocycles. The van der Waals surface area contributed by atoms with Gasteiger partial charge in [-0.25, -0.2) is 0 Å². The molecule has 2 aliphatic rings. The number of carbonyl (C=O) groups is 2. The third kappa shape index (κ3) is 3.43. The van der Waals surface area contributed by atoms with Gasteiger partial charge in [-0.3, -0.25) is 9.59 Å². The standard InChI is InChI=1S/C16H19ClN2O3S/c1-16-7-6-14(20)19(16)13(10-23-16)15(21)18-8-9-22-12-4-2-11(17)3-5-12/h2-5,13H,6-10H2,1H3,(H,18,21)/t13-,16+/m0/s1. The van der Waals surface area contributed by atoms with Crippen molar-refractivity contribution < 1.29 is 14.3 Å². The number of nitrogens with zero attached hydrogens (tertiary/aromatic N) is 1. The van der Waals surface area contributed by atoms with Crippen molar-refractivity contribution in [2.24, 2.45) is 0 Å². The van der Waals surface area contributed by atoms with E-state index in [9.17, 15) is 9.59 Å². The maximum Gasteiger partial charge on any atom is 0.243 e. The molecular formula is C16H19ClN2O3S. The number of rotatable bonds is 5. The molecule has 2 atom stereocenters. The Bertz CT molecular complexity index is 610. The summed E-state index contributed by atoms with van der Waals surface area (Å²) in [5.74, 6) is 1.35. The molecule has 3 rings (SSSR count). The number of thioether (sulfide) groups is 1. The van der Waals surface area contributed by atoms with Crippen LogP contribution in [0.3, 0.4) is 0 Å². The summed E-state index contributed by atoms with van der Waals surface area (Å²) in [6, 6.07) is 6.71. The highest BCUT2D eigenvalue weighted by Gasteiger charge is 2.52. The molecule has 1 aromatic carbocycles. The number of amides is 2. The van der Waals surface area contributed by atoms with Gasteiger partial charge in [-0.05, 0) is 37.6 Å². The Morgan fingerprint density at radius 1 is 1.48 bits per heavy atom. The minimum atomic E-state index is -0.365. The summed E-state index contributed by atoms with van der Waals surface area (Å²) in [7, 11) is 0. The van der Waals surface area contributed by atoms with E-state index in [4.69, 9.17) is 16.3 Å². The molecule has 0 saturated carbocycles. The largest absolute Gasteiger partial charge is 0.492 e. The fourth-order valence-corrected chi connectivity index (χ4v) is 4.56. The average Bonchev–Trinajstić information content (AvgIpc) is 3.02. The quantitative estimate of drug-likeness (QED) is 0.824. The van der Waals surface area contributed by atoms with Crippen LogP contribution in [0.25, 0.3) is 0 Å². The third-order valence-corrected chi connectivity index (χ3v) is 5.99. The second-order valence-corrected chi connectivity index (χ2v) is 7.80. The van der Waals surface area contributed by atoms with Crippen molar-refractivity contribution in [1.82, 2.24) is 10.2 Å². The minimum absolute atomic E-state index is 0.0788. The van der Waals surface area contributed by atoms with Crippen LogP contribution in [-0.4, -0.2) is 46.5 Å². The third-order valence-electron chi connectivity index (χ3n) is 4.23. The van der Waals surface area contributed by atoms with Crippen LogP contribution >= 0.6 is 23.4 Å². The maximum atomic E-state index is 12.3. The van der Waals surface area contributed by atoms with Crippen LogP contribution in [0.15, 0.2) is 24.3 Å². The lowest BCUT2D eigenvalue weighted by atomic mass is 10.2. The molecule has 2 heterocycles. The highest BCUT2D eigenvalue weighted by atomic mass is 35.5. The van der Waals surface area contributed by atoms with Crippen molar-refractivity contribution in [2.75, 3.05) is 18.9 Å². The predicted octanol–water partition coefficient (Wildman–Crippen LogP) is 2.29. The molecule has 0 aliphatic carbocycles. The molecule has 124 valence electrons. The Hall–Kier alpha value is -1.40. The summed E-state index contributed by atoms with van der Waals surface area (Å²) < 4.78 is 5.54. The lowest BCUT2D eigenvalue weighted by Gasteiger charge is -2.29. The number of nitrogens with one attached hydrogen (secondary N) is 1. The summed E-state index contributed by atoms with van der Waals surface area (Å²) in [5.41, 5.74) is 0. The van der Waals surface area contributed by atoms with Crippen LogP contribution in [0.1, 0.15) is 19.8 Å². The van der Waals surface area contributed by atoms with Crippen LogP contribution < -0.4 is 10.1 Å². The number of hydrogen-bond donors (Lipinski definition) is 1. The van der Waals surface area contributed by atoms with Crippen molar-refractivity contribution >= 4 is 35.2 Å². The van der Waals surface area contributed by atoms with Crippen molar-refractivity contribution in [3.63, 3.8) is 0 Å². The van der Waals surface area contributed by atoms with E-state index in [2.05, 4.69) is 5.32 Å². The lowest BCUT2D eigenvalue weighted by molar-refractivity contribution is -0.137. The van der Waals surface area contributed by atoms with Gasteiger partial charge in [0.15, 0.2) is 0 Å². The summed E-state index contributed by atoms with van der Waals surface area (Å²) in [5, 5.41) is 3.51. The number of benzene rings is 1. The number of ether oxygens (including phenoxy) is 1. The second-order valence-electron chi connectivity index (χ2n) is 5.86. The number of fused-ring (bicyclic) bond motifs is 1. The van der Waals surface area contributed by atoms with Gasteiger partial charge < -0.3 is 15.0 Å². The van der Waals surface area contributed by atoms with Gasteiger partial charge in [0.2, 0.25) is 11.8 Å². The Morgan fingerprint density at radius 2 is 2.22 bits per heavy atom. The topological polar surface area (TPSA) is 58.6 Å². The van der Waals surface area contributed by atoms with Crippen molar-refractivity contribution in [3.8, 4) is 5.75 Å². The van der Waals surface area contributed by atoms with Crippen LogP contribution in [0.5, 0.6) is 5.75 Å². The van der Waals surface area contributed by atoms with E-state index in [0.29, 0.717) is 36.1 Å². The summed E-state index contributed by atoms with van der Waals surface area (Å²) in [6.07, 6.45) is 1.35. The molecule has 0 aromatic heterocycles. The fourth-order valence-electron chi connectivity index (χ4n) is 3.01. The maximum absolute atomic E-state index is 12.3. The van der Waals surface area contributed by atoms with E-state index < -0.39 is 0 Å². The molecule has 0 bridgehead atoms. The Labute approximate surface area is 144 Å². The van der Waals surface area contributed by atoms with Gasteiger partial charge in [-0.15, -0.1) is 11.8 Å². The highest BCUT2D eigenvalue weighted by Crippen LogP contribution is 2.47. The molecule has 2 fully saturated rings. The first-order valence-corrected chi connectivity index (χ1v) is 8.98. The second kappa shape index (κ2) is 6.61. The van der Waals surface area contributed by atoms with Crippen LogP contribution in [0, 0.1) is 0 Å². The van der Waals surface area contributed by atoms with Gasteiger partial charge in [-0.2, -0.15) is 0 Å². The summed E-state index contributed by atoms with van der Waals surface area (Å²) >= 11 is 7.50. The first-order chi connectivity index (χ1) is 11.0. The molecule has 5 nitrogen and oxygen atoms in total. The first-order valence-electron chi connectivity index (χ1n) is 7.62. The molecule has 0 radical (unpaired) electrons. The first kappa shape index (κ1) is 16.5. The van der Waals surface area contributed by atoms with Crippen LogP contribution in [-0.2, 0) is 9.59 Å². The number of hydrogen-bond acceptors (Lipinski definition) is 4. The minimum Gasteiger partial charge on any atom is -0.492 e. The zero-order valence-electron chi connectivity index (χ0n) is 12.9. The molecule has 2 aliphatic heterocycles. The molecular weight excluding hydrogens is 336 g/mol. The van der Waals surface area contributed by atoms with E-state index >= 15 is 0 Å². The molecule has 7 heteroatoms. The smallest absolute Gasteiger partial charge is 0.243 e. The molecule has 0 unspecified atom stereocenters. The Kier molecular flexibility index (Phi) is 4.73. The van der Waals surface area contributed by atoms with E-state index in [-0.39, 0.29) is 22.7 Å². The zero-order valence-corrected chi connectivity index (χ0v) is 14.5. The molecule has 23 heavy (non-hydrogen) atoms. The van der Waals surface area contributed by atoms with E-state index in [0.717, 1.165) is 6.42 Å². The van der Waals surface area contributed by atoms with Crippen molar-refractivity contribution in [1.29, 1.82) is 0 Å². The molecule has 1 aromatic rings. The predicted molar refractivity (Wildman–Crippen MR) is 90.7 cm³/mol. The average molecular weight is 355 g/mol. The van der Waals surface area contributed by atoms with Gasteiger partial charge in [0.25, 0.3) is 0 Å². The number of halogens is 1. The van der Waals surface area contributed by atoms with Gasteiger partial charge in [0.1, 0.15) is 18.4 Å². The zero-order chi connectivity index (χ0) is 16.4. The highest BCUT2D eigenvalue weighted by molar-refractivity contribution is 8.01. The van der Waals surface area contributed by atoms with Gasteiger partial charge >= 0.3 is 0 Å². The normalized spacial score (nSPS) is 26.3. The van der Waals surface area contributed by atoms with Crippen molar-refractivity contribution in [2.45, 2.75) is 30.7 Å². The molecule has 1 N–H and O–H groups in total. The fraction of sp³-hybridized carbons (Fsp3) is 0.500. The summed E-state index contributed by atoms with van der Waals surface area (Å²) in [6.45, 7) is 2.82. The Morgan fingerprint density at radius 3 is 2.96 bits per heavy atom. The van der Waals surface area contributed by atoms with E-state index in [1.165, 1.54) is 0 Å². The molecule has 2 amide bonds. The van der Waals surface area contributed by atoms with Crippen molar-refractivity contribution in [3.05, 3.63) is 29.3 Å². The van der Waals surface area contributed by atoms with Crippen LogP contribution in [0.4, 0.5) is 0 Å². The van der Waals surface area contributed by atoms with E-state index in [1.807, 2.05) is 6.92 Å². The van der Waals surface area contributed by atoms with E-state index in [1.54, 1.807) is 40.9 Å². The van der Waals surface area contributed by atoms with Crippen LogP contribution in [0.2, 0.25) is 5.02 Å². The van der Waals surface area contributed by atoms with Gasteiger partial charge in [-0.1, -0.05) is 11.6 Å². The summed E-state index contributed by atoms with van der Waals surface area (Å²) in [4.78, 5) is 25.9. The molecule has 0 spiro atoms. The number of carbonyl (C=O) groups excluding carboxylic acids is 2. The monoisotopic (exact) mass is 354 g/mol. The Balaban J connectivity index is 1.46. The SMILES string of the molecule is C[C@@]12CCC(=O)N1[C@H](C(=O)NCCOc1ccc(Cl)cc1)CS2. The lowest BCUT2D eigenvalue weighted by Crippen LogP contribution is -2.50. The van der Waals surface area contributed by atoms with Gasteiger partial charge in [0, 0.05) is 17.2 Å². The van der Waals surface area contributed by atoms with Gasteiger partial charge in [0.05, 0.1) is 11.4 Å².